The molecule has 6 rings (SSSR count). The number of halogens is 3. The van der Waals surface area contributed by atoms with Gasteiger partial charge in [-0.2, -0.15) is 10.2 Å². The molecule has 4 aromatic rings. The summed E-state index contributed by atoms with van der Waals surface area (Å²) in [5.74, 6) is 1.46. The van der Waals surface area contributed by atoms with Crippen LogP contribution in [-0.2, 0) is 23.7 Å². The molecule has 2 aliphatic heterocycles. The maximum absolute atomic E-state index is 11.6. The lowest BCUT2D eigenvalue weighted by molar-refractivity contribution is -0.128. The van der Waals surface area contributed by atoms with Gasteiger partial charge < -0.3 is 10.2 Å². The van der Waals surface area contributed by atoms with Gasteiger partial charge in [0, 0.05) is 44.9 Å². The predicted molar refractivity (Wildman–Crippen MR) is 180 cm³/mol. The first kappa shape index (κ1) is 34.1. The van der Waals surface area contributed by atoms with Crippen molar-refractivity contribution >= 4 is 57.1 Å². The van der Waals surface area contributed by atoms with E-state index in [1.807, 2.05) is 26.2 Å². The Kier molecular flexibility index (Phi) is 12.9. The maximum atomic E-state index is 11.6. The van der Waals surface area contributed by atoms with Crippen molar-refractivity contribution in [2.24, 2.45) is 14.1 Å². The highest BCUT2D eigenvalue weighted by atomic mass is 35.5. The molecule has 2 aromatic carbocycles. The molecule has 0 saturated carbocycles. The molecule has 1 amide bonds. The Balaban J connectivity index is 0.000000181. The van der Waals surface area contributed by atoms with Crippen LogP contribution in [0.15, 0.2) is 73.3 Å². The van der Waals surface area contributed by atoms with Gasteiger partial charge in [0.05, 0.1) is 5.88 Å². The summed E-state index contributed by atoms with van der Waals surface area (Å²) in [6, 6.07) is 16.7. The fraction of sp³-hybridized carbons (Fsp3) is 0.312. The van der Waals surface area contributed by atoms with Crippen LogP contribution in [0.3, 0.4) is 0 Å². The quantitative estimate of drug-likeness (QED) is 0.222. The molecule has 4 heterocycles. The van der Waals surface area contributed by atoms with Crippen LogP contribution in [0.25, 0.3) is 33.9 Å². The summed E-state index contributed by atoms with van der Waals surface area (Å²) in [7, 11) is 3.73. The van der Waals surface area contributed by atoms with E-state index >= 15 is 0 Å². The summed E-state index contributed by atoms with van der Waals surface area (Å²) in [5, 5.41) is 11.4. The van der Waals surface area contributed by atoms with Gasteiger partial charge in [0.15, 0.2) is 11.6 Å². The average Bonchev–Trinajstić information content (AvgIpc) is 3.73. The van der Waals surface area contributed by atoms with Gasteiger partial charge in [-0.3, -0.25) is 19.0 Å². The Morgan fingerprint density at radius 1 is 0.756 bits per heavy atom. The first-order chi connectivity index (χ1) is 21.8. The molecule has 0 fully saturated rings. The van der Waals surface area contributed by atoms with Crippen molar-refractivity contribution in [3.8, 4) is 22.8 Å². The molecule has 10 nitrogen and oxygen atoms in total. The van der Waals surface area contributed by atoms with E-state index in [2.05, 4.69) is 74.0 Å². The SMILES string of the molecule is Cn1cnc(-c2ccc(C3=CCN(C(=O)CCl)CC3)cc2)n1.Cn1cnc(-c2ccc(C3=CCNCC3)cc2)n1.O=C(Cl)CCl. The van der Waals surface area contributed by atoms with Crippen LogP contribution in [0.5, 0.6) is 0 Å². The molecular formula is C32H35Cl3N8O2. The first-order valence-electron chi connectivity index (χ1n) is 14.4. The van der Waals surface area contributed by atoms with Crippen LogP contribution in [0.2, 0.25) is 0 Å². The van der Waals surface area contributed by atoms with Crippen LogP contribution in [0.1, 0.15) is 24.0 Å². The predicted octanol–water partition coefficient (Wildman–Crippen LogP) is 5.19. The number of hydrogen-bond donors (Lipinski definition) is 1. The molecule has 0 unspecified atom stereocenters. The van der Waals surface area contributed by atoms with Crippen molar-refractivity contribution in [1.29, 1.82) is 0 Å². The Labute approximate surface area is 277 Å². The largest absolute Gasteiger partial charge is 0.338 e. The van der Waals surface area contributed by atoms with E-state index in [-0.39, 0.29) is 17.7 Å². The van der Waals surface area contributed by atoms with Gasteiger partial charge in [0.1, 0.15) is 18.5 Å². The molecular weight excluding hydrogens is 635 g/mol. The second-order valence-corrected chi connectivity index (χ2v) is 11.2. The van der Waals surface area contributed by atoms with Gasteiger partial charge in [0.25, 0.3) is 0 Å². The van der Waals surface area contributed by atoms with Crippen LogP contribution in [0.4, 0.5) is 0 Å². The smallest absolute Gasteiger partial charge is 0.237 e. The summed E-state index contributed by atoms with van der Waals surface area (Å²) in [5.41, 5.74) is 7.23. The van der Waals surface area contributed by atoms with Crippen molar-refractivity contribution in [3.05, 3.63) is 84.5 Å². The number of aryl methyl sites for hydroxylation is 2. The zero-order valence-electron chi connectivity index (χ0n) is 25.2. The van der Waals surface area contributed by atoms with Crippen molar-refractivity contribution in [1.82, 2.24) is 39.7 Å². The Bertz CT molecular complexity index is 1630. The highest BCUT2D eigenvalue weighted by molar-refractivity contribution is 6.67. The van der Waals surface area contributed by atoms with E-state index in [0.717, 1.165) is 55.3 Å². The van der Waals surface area contributed by atoms with E-state index in [1.165, 1.54) is 22.3 Å². The zero-order valence-corrected chi connectivity index (χ0v) is 27.4. The van der Waals surface area contributed by atoms with E-state index in [4.69, 9.17) is 34.8 Å². The second kappa shape index (κ2) is 17.0. The lowest BCUT2D eigenvalue weighted by atomic mass is 9.98. The van der Waals surface area contributed by atoms with E-state index in [9.17, 15) is 9.59 Å². The lowest BCUT2D eigenvalue weighted by Gasteiger charge is -2.26. The fourth-order valence-corrected chi connectivity index (χ4v) is 4.91. The Hall–Kier alpha value is -3.83. The average molecular weight is 670 g/mol. The van der Waals surface area contributed by atoms with Crippen molar-refractivity contribution < 1.29 is 9.59 Å². The molecule has 236 valence electrons. The number of aromatic nitrogens is 6. The van der Waals surface area contributed by atoms with Crippen molar-refractivity contribution in [3.63, 3.8) is 0 Å². The minimum absolute atomic E-state index is 0.00598. The lowest BCUT2D eigenvalue weighted by Crippen LogP contribution is -2.35. The monoisotopic (exact) mass is 668 g/mol. The molecule has 1 N–H and O–H groups in total. The molecule has 13 heteroatoms. The normalized spacial score (nSPS) is 14.3. The summed E-state index contributed by atoms with van der Waals surface area (Å²) in [4.78, 5) is 31.3. The third-order valence-corrected chi connectivity index (χ3v) is 7.81. The number of alkyl halides is 2. The van der Waals surface area contributed by atoms with E-state index < -0.39 is 5.24 Å². The molecule has 0 atom stereocenters. The van der Waals surface area contributed by atoms with Crippen molar-refractivity contribution in [2.75, 3.05) is 37.9 Å². The van der Waals surface area contributed by atoms with Gasteiger partial charge in [-0.25, -0.2) is 9.97 Å². The molecule has 45 heavy (non-hydrogen) atoms. The number of rotatable bonds is 6. The number of nitrogens with one attached hydrogen (secondary N) is 1. The highest BCUT2D eigenvalue weighted by Gasteiger charge is 2.17. The number of carbonyl (C=O) groups excluding carboxylic acids is 2. The number of benzene rings is 2. The summed E-state index contributed by atoms with van der Waals surface area (Å²) in [6.07, 6.45) is 9.72. The van der Waals surface area contributed by atoms with Crippen LogP contribution >= 0.6 is 34.8 Å². The Morgan fingerprint density at radius 2 is 1.24 bits per heavy atom. The van der Waals surface area contributed by atoms with Gasteiger partial charge in [0.2, 0.25) is 11.1 Å². The summed E-state index contributed by atoms with van der Waals surface area (Å²) >= 11 is 15.1. The third kappa shape index (κ3) is 10.1. The first-order valence-corrected chi connectivity index (χ1v) is 15.8. The van der Waals surface area contributed by atoms with Gasteiger partial charge in [-0.1, -0.05) is 60.7 Å². The third-order valence-electron chi connectivity index (χ3n) is 7.07. The zero-order chi connectivity index (χ0) is 32.2. The number of amides is 1. The summed E-state index contributed by atoms with van der Waals surface area (Å²) in [6.45, 7) is 3.39. The van der Waals surface area contributed by atoms with Crippen LogP contribution in [0, 0.1) is 0 Å². The highest BCUT2D eigenvalue weighted by Crippen LogP contribution is 2.25. The summed E-state index contributed by atoms with van der Waals surface area (Å²) < 4.78 is 3.41. The molecule has 0 aliphatic carbocycles. The minimum atomic E-state index is -0.508. The van der Waals surface area contributed by atoms with Crippen LogP contribution in [-0.4, -0.2) is 83.5 Å². The van der Waals surface area contributed by atoms with Crippen LogP contribution < -0.4 is 5.32 Å². The molecule has 0 radical (unpaired) electrons. The minimum Gasteiger partial charge on any atom is -0.338 e. The molecule has 2 aliphatic rings. The number of hydrogen-bond acceptors (Lipinski definition) is 7. The van der Waals surface area contributed by atoms with Gasteiger partial charge >= 0.3 is 0 Å². The van der Waals surface area contributed by atoms with Crippen molar-refractivity contribution in [2.45, 2.75) is 12.8 Å². The maximum Gasteiger partial charge on any atom is 0.237 e. The molecule has 2 aromatic heterocycles. The molecule has 0 spiro atoms. The van der Waals surface area contributed by atoms with E-state index in [0.29, 0.717) is 6.54 Å². The number of nitrogens with zero attached hydrogens (tertiary/aromatic N) is 7. The fourth-order valence-electron chi connectivity index (χ4n) is 4.74. The second-order valence-electron chi connectivity index (χ2n) is 10.3. The molecule has 0 bridgehead atoms. The standard InChI is InChI=1S/C16H17ClN4O.C14H16N4.C2H2Cl2O/c1-20-11-18-16(19-20)14-4-2-12(3-5-14)13-6-8-21(9-7-13)15(22)10-17;1-18-10-16-14(17-18)13-4-2-11(3-5-13)12-6-8-15-9-7-12;3-1-2(4)5/h2-6,11H,7-10H2,1H3;2-6,10,15H,7-9H2,1H3;1H2. The van der Waals surface area contributed by atoms with Gasteiger partial charge in [-0.15, -0.1) is 23.2 Å². The molecule has 0 saturated heterocycles. The Morgan fingerprint density at radius 3 is 1.60 bits per heavy atom. The number of carbonyl (C=O) groups is 2. The topological polar surface area (TPSA) is 111 Å². The van der Waals surface area contributed by atoms with E-state index in [1.54, 1.807) is 26.9 Å². The van der Waals surface area contributed by atoms with Gasteiger partial charge in [-0.05, 0) is 53.3 Å².